The maximum absolute atomic E-state index is 12.7. The molecular formula is C51H84O5. The van der Waals surface area contributed by atoms with Gasteiger partial charge in [-0.25, -0.2) is 0 Å². The zero-order valence-electron chi connectivity index (χ0n) is 36.4. The van der Waals surface area contributed by atoms with E-state index in [2.05, 4.69) is 118 Å². The second kappa shape index (κ2) is 46.2. The number of unbranched alkanes of at least 4 members (excludes halogenated alkanes) is 13. The normalized spacial score (nSPS) is 13.1. The number of carbonyl (C=O) groups excluding carboxylic acids is 2. The largest absolute Gasteiger partial charge is 0.462 e. The third-order valence-corrected chi connectivity index (χ3v) is 9.08. The first-order valence-electron chi connectivity index (χ1n) is 22.8. The molecule has 0 aromatic carbocycles. The molecule has 0 heterocycles. The van der Waals surface area contributed by atoms with Crippen LogP contribution >= 0.6 is 0 Å². The lowest BCUT2D eigenvalue weighted by Crippen LogP contribution is -2.30. The second-order valence-electron chi connectivity index (χ2n) is 14.5. The smallest absolute Gasteiger partial charge is 0.306 e. The van der Waals surface area contributed by atoms with Gasteiger partial charge in [-0.15, -0.1) is 0 Å². The van der Waals surface area contributed by atoms with Crippen molar-refractivity contribution in [2.24, 2.45) is 0 Å². The van der Waals surface area contributed by atoms with E-state index >= 15 is 0 Å². The Hall–Kier alpha value is -3.18. The Morgan fingerprint density at radius 2 is 0.804 bits per heavy atom. The fourth-order valence-electron chi connectivity index (χ4n) is 5.73. The van der Waals surface area contributed by atoms with E-state index in [0.29, 0.717) is 19.4 Å². The topological polar surface area (TPSA) is 61.8 Å². The summed E-state index contributed by atoms with van der Waals surface area (Å²) in [6.45, 7) is 7.46. The molecule has 0 amide bonds. The molecule has 5 heteroatoms. The van der Waals surface area contributed by atoms with Gasteiger partial charge in [0.2, 0.25) is 0 Å². The molecule has 0 bridgehead atoms. The van der Waals surface area contributed by atoms with Gasteiger partial charge in [-0.05, 0) is 109 Å². The van der Waals surface area contributed by atoms with Crippen LogP contribution in [0.2, 0.25) is 0 Å². The van der Waals surface area contributed by atoms with E-state index < -0.39 is 6.10 Å². The Bertz CT molecular complexity index is 1110. The molecule has 0 spiro atoms. The van der Waals surface area contributed by atoms with Gasteiger partial charge >= 0.3 is 11.9 Å². The van der Waals surface area contributed by atoms with Crippen LogP contribution in [0.3, 0.4) is 0 Å². The van der Waals surface area contributed by atoms with Crippen LogP contribution in [-0.2, 0) is 23.8 Å². The van der Waals surface area contributed by atoms with Crippen molar-refractivity contribution in [2.75, 3.05) is 19.8 Å². The van der Waals surface area contributed by atoms with Crippen LogP contribution in [0.25, 0.3) is 0 Å². The lowest BCUT2D eigenvalue weighted by atomic mass is 10.1. The number of carbonyl (C=O) groups is 2. The first-order valence-corrected chi connectivity index (χ1v) is 22.8. The first kappa shape index (κ1) is 52.8. The summed E-state index contributed by atoms with van der Waals surface area (Å²) in [6.07, 6.45) is 61.2. The van der Waals surface area contributed by atoms with Gasteiger partial charge in [0.05, 0.1) is 6.61 Å². The zero-order valence-corrected chi connectivity index (χ0v) is 36.4. The van der Waals surface area contributed by atoms with Crippen LogP contribution in [0.15, 0.2) is 97.2 Å². The monoisotopic (exact) mass is 777 g/mol. The molecule has 0 aliphatic rings. The zero-order chi connectivity index (χ0) is 40.7. The SMILES string of the molecule is CC/C=C\C/C=C\C/C=C\C/C=C\CCCCC(=O)OCC(COCCCCCCCC/C=C\CCCC)OC(=O)CCCCC/C=C\C/C=C\C/C=C\CC. The molecule has 318 valence electrons. The molecule has 1 atom stereocenters. The van der Waals surface area contributed by atoms with Crippen LogP contribution in [0.5, 0.6) is 0 Å². The molecule has 0 rings (SSSR count). The minimum absolute atomic E-state index is 0.0441. The highest BCUT2D eigenvalue weighted by molar-refractivity contribution is 5.70. The lowest BCUT2D eigenvalue weighted by molar-refractivity contribution is -0.163. The summed E-state index contributed by atoms with van der Waals surface area (Å²) < 4.78 is 17.2. The molecule has 0 radical (unpaired) electrons. The summed E-state index contributed by atoms with van der Waals surface area (Å²) >= 11 is 0. The van der Waals surface area contributed by atoms with Crippen LogP contribution in [0.1, 0.15) is 188 Å². The van der Waals surface area contributed by atoms with E-state index in [0.717, 1.165) is 103 Å². The average Bonchev–Trinajstić information content (AvgIpc) is 3.20. The summed E-state index contributed by atoms with van der Waals surface area (Å²) in [7, 11) is 0. The standard InChI is InChI=1S/C51H84O5/c1-4-7-10-13-16-19-22-25-26-28-29-32-35-38-41-44-50(52)55-48-49(47-54-46-43-40-37-34-31-24-21-18-15-12-9-6-3)56-51(53)45-42-39-36-33-30-27-23-20-17-14-11-8-5-2/h7-8,10-11,15-20,25-27,29-30,32,49H,4-6,9,12-14,21-24,28,31,33-48H2,1-3H3/b10-7-,11-8-,18-15-,19-16-,20-17-,26-25-,30-27-,32-29-. The van der Waals surface area contributed by atoms with E-state index in [9.17, 15) is 9.59 Å². The average molecular weight is 777 g/mol. The minimum atomic E-state index is -0.574. The third-order valence-electron chi connectivity index (χ3n) is 9.08. The van der Waals surface area contributed by atoms with Gasteiger partial charge in [0.15, 0.2) is 6.10 Å². The highest BCUT2D eigenvalue weighted by Crippen LogP contribution is 2.11. The molecule has 0 aromatic heterocycles. The number of hydrogen-bond acceptors (Lipinski definition) is 5. The lowest BCUT2D eigenvalue weighted by Gasteiger charge is -2.18. The first-order chi connectivity index (χ1) is 27.6. The van der Waals surface area contributed by atoms with Gasteiger partial charge in [-0.3, -0.25) is 9.59 Å². The number of allylic oxidation sites excluding steroid dienone is 16. The Morgan fingerprint density at radius 1 is 0.411 bits per heavy atom. The summed E-state index contributed by atoms with van der Waals surface area (Å²) in [5.41, 5.74) is 0. The number of ether oxygens (including phenoxy) is 3. The quantitative estimate of drug-likeness (QED) is 0.0352. The molecule has 0 saturated carbocycles. The Kier molecular flexibility index (Phi) is 43.6. The van der Waals surface area contributed by atoms with Crippen molar-refractivity contribution >= 4 is 11.9 Å². The van der Waals surface area contributed by atoms with E-state index in [4.69, 9.17) is 14.2 Å². The maximum Gasteiger partial charge on any atom is 0.306 e. The number of hydrogen-bond donors (Lipinski definition) is 0. The van der Waals surface area contributed by atoms with Crippen molar-refractivity contribution in [3.63, 3.8) is 0 Å². The molecule has 0 aliphatic heterocycles. The fraction of sp³-hybridized carbons (Fsp3) is 0.647. The molecule has 56 heavy (non-hydrogen) atoms. The molecule has 5 nitrogen and oxygen atoms in total. The van der Waals surface area contributed by atoms with Gasteiger partial charge in [-0.2, -0.15) is 0 Å². The van der Waals surface area contributed by atoms with Crippen molar-refractivity contribution in [2.45, 2.75) is 194 Å². The van der Waals surface area contributed by atoms with Gasteiger partial charge in [0.1, 0.15) is 6.61 Å². The van der Waals surface area contributed by atoms with E-state index in [1.807, 2.05) is 0 Å². The predicted octanol–water partition coefficient (Wildman–Crippen LogP) is 15.1. The van der Waals surface area contributed by atoms with E-state index in [1.54, 1.807) is 0 Å². The molecule has 0 aliphatic carbocycles. The summed E-state index contributed by atoms with van der Waals surface area (Å²) in [6, 6.07) is 0. The van der Waals surface area contributed by atoms with Gasteiger partial charge in [-0.1, -0.05) is 163 Å². The summed E-state index contributed by atoms with van der Waals surface area (Å²) in [4.78, 5) is 25.2. The minimum Gasteiger partial charge on any atom is -0.462 e. The molecule has 0 fully saturated rings. The van der Waals surface area contributed by atoms with Crippen LogP contribution in [-0.4, -0.2) is 37.9 Å². The van der Waals surface area contributed by atoms with Gasteiger partial charge in [0.25, 0.3) is 0 Å². The van der Waals surface area contributed by atoms with Gasteiger partial charge < -0.3 is 14.2 Å². The molecule has 0 N–H and O–H groups in total. The van der Waals surface area contributed by atoms with Crippen molar-refractivity contribution in [3.05, 3.63) is 97.2 Å². The van der Waals surface area contributed by atoms with Crippen molar-refractivity contribution < 1.29 is 23.8 Å². The van der Waals surface area contributed by atoms with E-state index in [-0.39, 0.29) is 25.2 Å². The van der Waals surface area contributed by atoms with E-state index in [1.165, 1.54) is 51.4 Å². The Balaban J connectivity index is 4.41. The summed E-state index contributed by atoms with van der Waals surface area (Å²) in [5.74, 6) is -0.491. The molecule has 1 unspecified atom stereocenters. The fourth-order valence-corrected chi connectivity index (χ4v) is 5.73. The number of esters is 2. The van der Waals surface area contributed by atoms with Crippen molar-refractivity contribution in [1.82, 2.24) is 0 Å². The molecule has 0 saturated heterocycles. The van der Waals surface area contributed by atoms with Crippen LogP contribution in [0.4, 0.5) is 0 Å². The second-order valence-corrected chi connectivity index (χ2v) is 14.5. The Morgan fingerprint density at radius 3 is 1.34 bits per heavy atom. The van der Waals surface area contributed by atoms with Crippen LogP contribution in [0, 0.1) is 0 Å². The van der Waals surface area contributed by atoms with Gasteiger partial charge in [0, 0.05) is 19.4 Å². The highest BCUT2D eigenvalue weighted by atomic mass is 16.6. The number of rotatable bonds is 40. The predicted molar refractivity (Wildman–Crippen MR) is 242 cm³/mol. The van der Waals surface area contributed by atoms with Crippen LogP contribution < -0.4 is 0 Å². The third kappa shape index (κ3) is 43.5. The summed E-state index contributed by atoms with van der Waals surface area (Å²) in [5, 5.41) is 0. The maximum atomic E-state index is 12.7. The molecule has 0 aromatic rings. The molecular weight excluding hydrogens is 693 g/mol. The highest BCUT2D eigenvalue weighted by Gasteiger charge is 2.17. The Labute approximate surface area is 345 Å². The van der Waals surface area contributed by atoms with Crippen molar-refractivity contribution in [1.29, 1.82) is 0 Å². The van der Waals surface area contributed by atoms with Crippen molar-refractivity contribution in [3.8, 4) is 0 Å².